The summed E-state index contributed by atoms with van der Waals surface area (Å²) in [4.78, 5) is 13.8. The lowest BCUT2D eigenvalue weighted by molar-refractivity contribution is 0.122. The highest BCUT2D eigenvalue weighted by Crippen LogP contribution is 2.20. The minimum Gasteiger partial charge on any atom is -0.497 e. The van der Waals surface area contributed by atoms with Crippen molar-refractivity contribution in [1.29, 1.82) is 0 Å². The van der Waals surface area contributed by atoms with Crippen LogP contribution in [-0.4, -0.2) is 67.4 Å². The highest BCUT2D eigenvalue weighted by Gasteiger charge is 2.23. The van der Waals surface area contributed by atoms with Crippen molar-refractivity contribution < 1.29 is 9.47 Å². The van der Waals surface area contributed by atoms with Gasteiger partial charge in [-0.05, 0) is 30.2 Å². The van der Waals surface area contributed by atoms with E-state index in [2.05, 4.69) is 32.2 Å². The van der Waals surface area contributed by atoms with Crippen molar-refractivity contribution in [3.63, 3.8) is 0 Å². The molecule has 1 aromatic heterocycles. The van der Waals surface area contributed by atoms with Crippen molar-refractivity contribution in [2.45, 2.75) is 19.0 Å². The smallest absolute Gasteiger partial charge is 0.227 e. The molecule has 2 aliphatic heterocycles. The fourth-order valence-electron chi connectivity index (χ4n) is 3.64. The molecule has 7 heteroatoms. The van der Waals surface area contributed by atoms with Gasteiger partial charge in [0.15, 0.2) is 0 Å². The maximum atomic E-state index is 5.41. The van der Waals surface area contributed by atoms with Crippen LogP contribution in [0.4, 0.5) is 11.8 Å². The Morgan fingerprint density at radius 3 is 2.74 bits per heavy atom. The van der Waals surface area contributed by atoms with E-state index < -0.39 is 0 Å². The molecule has 2 saturated heterocycles. The van der Waals surface area contributed by atoms with Crippen molar-refractivity contribution in [1.82, 2.24) is 14.9 Å². The summed E-state index contributed by atoms with van der Waals surface area (Å²) in [5.74, 6) is 2.60. The van der Waals surface area contributed by atoms with Crippen LogP contribution in [0.15, 0.2) is 36.5 Å². The Balaban J connectivity index is 1.31. The predicted octanol–water partition coefficient (Wildman–Crippen LogP) is 2.01. The van der Waals surface area contributed by atoms with Crippen molar-refractivity contribution in [2.24, 2.45) is 0 Å². The quantitative estimate of drug-likeness (QED) is 0.836. The third-order valence-corrected chi connectivity index (χ3v) is 5.13. The molecule has 2 aliphatic rings. The van der Waals surface area contributed by atoms with E-state index in [-0.39, 0.29) is 0 Å². The van der Waals surface area contributed by atoms with Crippen LogP contribution in [0.2, 0.25) is 0 Å². The third-order valence-electron chi connectivity index (χ3n) is 5.13. The van der Waals surface area contributed by atoms with Gasteiger partial charge in [-0.25, -0.2) is 4.98 Å². The second-order valence-corrected chi connectivity index (χ2v) is 7.05. The van der Waals surface area contributed by atoms with E-state index in [1.807, 2.05) is 24.4 Å². The molecular formula is C20H27N5O2. The molecule has 0 radical (unpaired) electrons. The van der Waals surface area contributed by atoms with E-state index in [9.17, 15) is 0 Å². The van der Waals surface area contributed by atoms with Gasteiger partial charge in [0.05, 0.1) is 20.3 Å². The average Bonchev–Trinajstić information content (AvgIpc) is 3.16. The SMILES string of the molecule is COc1ccc(CN2CCC(Nc3ccnc(N4CCOCC4)n3)C2)cc1. The number of aromatic nitrogens is 2. The van der Waals surface area contributed by atoms with Crippen molar-refractivity contribution in [2.75, 3.05) is 56.7 Å². The average molecular weight is 369 g/mol. The number of ether oxygens (including phenoxy) is 2. The van der Waals surface area contributed by atoms with Crippen molar-refractivity contribution in [3.8, 4) is 5.75 Å². The predicted molar refractivity (Wildman–Crippen MR) is 105 cm³/mol. The molecule has 0 bridgehead atoms. The molecule has 0 saturated carbocycles. The van der Waals surface area contributed by atoms with Crippen molar-refractivity contribution >= 4 is 11.8 Å². The zero-order chi connectivity index (χ0) is 18.5. The van der Waals surface area contributed by atoms with Gasteiger partial charge in [0.25, 0.3) is 0 Å². The molecule has 0 amide bonds. The van der Waals surface area contributed by atoms with Gasteiger partial charge in [-0.15, -0.1) is 0 Å². The number of likely N-dealkylation sites (tertiary alicyclic amines) is 1. The summed E-state index contributed by atoms with van der Waals surface area (Å²) < 4.78 is 10.6. The largest absolute Gasteiger partial charge is 0.497 e. The van der Waals surface area contributed by atoms with Crippen LogP contribution < -0.4 is 15.0 Å². The van der Waals surface area contributed by atoms with Crippen LogP contribution in [0, 0.1) is 0 Å². The van der Waals surface area contributed by atoms with E-state index >= 15 is 0 Å². The van der Waals surface area contributed by atoms with E-state index in [0.29, 0.717) is 6.04 Å². The van der Waals surface area contributed by atoms with Crippen LogP contribution in [-0.2, 0) is 11.3 Å². The van der Waals surface area contributed by atoms with Gasteiger partial charge in [-0.3, -0.25) is 4.90 Å². The number of anilines is 2. The lowest BCUT2D eigenvalue weighted by Crippen LogP contribution is -2.37. The molecule has 0 aliphatic carbocycles. The number of hydrogen-bond donors (Lipinski definition) is 1. The molecule has 27 heavy (non-hydrogen) atoms. The minimum absolute atomic E-state index is 0.413. The first-order chi connectivity index (χ1) is 13.3. The maximum Gasteiger partial charge on any atom is 0.227 e. The monoisotopic (exact) mass is 369 g/mol. The molecule has 1 unspecified atom stereocenters. The van der Waals surface area contributed by atoms with Gasteiger partial charge in [-0.1, -0.05) is 12.1 Å². The van der Waals surface area contributed by atoms with E-state index in [1.165, 1.54) is 5.56 Å². The van der Waals surface area contributed by atoms with Crippen LogP contribution >= 0.6 is 0 Å². The Morgan fingerprint density at radius 2 is 1.96 bits per heavy atom. The lowest BCUT2D eigenvalue weighted by atomic mass is 10.2. The van der Waals surface area contributed by atoms with E-state index in [1.54, 1.807) is 7.11 Å². The summed E-state index contributed by atoms with van der Waals surface area (Å²) in [6.07, 6.45) is 2.96. The van der Waals surface area contributed by atoms with E-state index in [0.717, 1.165) is 69.9 Å². The van der Waals surface area contributed by atoms with E-state index in [4.69, 9.17) is 14.5 Å². The van der Waals surface area contributed by atoms with Crippen LogP contribution in [0.1, 0.15) is 12.0 Å². The molecule has 4 rings (SSSR count). The van der Waals surface area contributed by atoms with Crippen molar-refractivity contribution in [3.05, 3.63) is 42.1 Å². The molecule has 0 spiro atoms. The zero-order valence-corrected chi connectivity index (χ0v) is 15.8. The van der Waals surface area contributed by atoms with Crippen LogP contribution in [0.5, 0.6) is 5.75 Å². The fraction of sp³-hybridized carbons (Fsp3) is 0.500. The Hall–Kier alpha value is -2.38. The number of nitrogens with zero attached hydrogens (tertiary/aromatic N) is 4. The topological polar surface area (TPSA) is 62.8 Å². The first-order valence-corrected chi connectivity index (χ1v) is 9.58. The number of rotatable bonds is 6. The normalized spacial score (nSPS) is 20.6. The number of hydrogen-bond acceptors (Lipinski definition) is 7. The minimum atomic E-state index is 0.413. The Kier molecular flexibility index (Phi) is 5.69. The highest BCUT2D eigenvalue weighted by atomic mass is 16.5. The highest BCUT2D eigenvalue weighted by molar-refractivity contribution is 5.42. The summed E-state index contributed by atoms with van der Waals surface area (Å²) in [6.45, 7) is 6.25. The van der Waals surface area contributed by atoms with Gasteiger partial charge in [-0.2, -0.15) is 4.98 Å². The number of methoxy groups -OCH3 is 1. The zero-order valence-electron chi connectivity index (χ0n) is 15.8. The molecule has 3 heterocycles. The Morgan fingerprint density at radius 1 is 1.15 bits per heavy atom. The Bertz CT molecular complexity index is 733. The van der Waals surface area contributed by atoms with Gasteiger partial charge < -0.3 is 19.7 Å². The molecule has 2 aromatic rings. The summed E-state index contributed by atoms with van der Waals surface area (Å²) in [5.41, 5.74) is 1.31. The second-order valence-electron chi connectivity index (χ2n) is 7.05. The first kappa shape index (κ1) is 18.0. The molecule has 1 atom stereocenters. The second kappa shape index (κ2) is 8.54. The molecule has 1 aromatic carbocycles. The maximum absolute atomic E-state index is 5.41. The summed E-state index contributed by atoms with van der Waals surface area (Å²) >= 11 is 0. The standard InChI is InChI=1S/C20H27N5O2/c1-26-18-4-2-16(3-5-18)14-24-9-7-17(15-24)22-19-6-8-21-20(23-19)25-10-12-27-13-11-25/h2-6,8,17H,7,9-15H2,1H3,(H,21,22,23). The summed E-state index contributed by atoms with van der Waals surface area (Å²) in [7, 11) is 1.70. The lowest BCUT2D eigenvalue weighted by Gasteiger charge is -2.27. The number of benzene rings is 1. The van der Waals surface area contributed by atoms with Crippen LogP contribution in [0.25, 0.3) is 0 Å². The van der Waals surface area contributed by atoms with Gasteiger partial charge in [0, 0.05) is 45.0 Å². The molecule has 1 N–H and O–H groups in total. The first-order valence-electron chi connectivity index (χ1n) is 9.58. The third kappa shape index (κ3) is 4.67. The summed E-state index contributed by atoms with van der Waals surface area (Å²) in [5, 5.41) is 3.58. The number of nitrogens with one attached hydrogen (secondary N) is 1. The molecule has 144 valence electrons. The van der Waals surface area contributed by atoms with Gasteiger partial charge >= 0.3 is 0 Å². The van der Waals surface area contributed by atoms with Gasteiger partial charge in [0.2, 0.25) is 5.95 Å². The molecule has 2 fully saturated rings. The van der Waals surface area contributed by atoms with Gasteiger partial charge in [0.1, 0.15) is 11.6 Å². The Labute approximate surface area is 160 Å². The number of morpholine rings is 1. The molecular weight excluding hydrogens is 342 g/mol. The fourth-order valence-corrected chi connectivity index (χ4v) is 3.64. The molecule has 7 nitrogen and oxygen atoms in total. The summed E-state index contributed by atoms with van der Waals surface area (Å²) in [6, 6.07) is 10.7. The van der Waals surface area contributed by atoms with Crippen LogP contribution in [0.3, 0.4) is 0 Å².